The smallest absolute Gasteiger partial charge is 0.140 e. The summed E-state index contributed by atoms with van der Waals surface area (Å²) in [4.78, 5) is 7.30. The van der Waals surface area contributed by atoms with Crippen molar-refractivity contribution in [3.63, 3.8) is 0 Å². The molecule has 5 nitrogen and oxygen atoms in total. The maximum absolute atomic E-state index is 7.26. The topological polar surface area (TPSA) is 27.8 Å². The van der Waals surface area contributed by atoms with Crippen molar-refractivity contribution in [2.45, 2.75) is 56.3 Å². The lowest BCUT2D eigenvalue weighted by atomic mass is 9.50. The molecule has 582 valence electrons. The van der Waals surface area contributed by atoms with Gasteiger partial charge in [0, 0.05) is 72.2 Å². The Kier molecular flexibility index (Phi) is 17.6. The number of anilines is 9. The molecule has 1 aliphatic carbocycles. The van der Waals surface area contributed by atoms with E-state index in [1.165, 1.54) is 122 Å². The van der Waals surface area contributed by atoms with E-state index in [4.69, 9.17) is 4.42 Å². The van der Waals surface area contributed by atoms with Crippen molar-refractivity contribution >= 4 is 94.9 Å². The molecule has 20 aromatic rings. The average molecular weight is 1570 g/mol. The van der Waals surface area contributed by atoms with Crippen molar-refractivity contribution < 1.29 is 4.42 Å². The van der Waals surface area contributed by atoms with E-state index in [1.807, 2.05) is 0 Å². The van der Waals surface area contributed by atoms with Crippen molar-refractivity contribution in [2.24, 2.45) is 0 Å². The van der Waals surface area contributed by atoms with Crippen molar-refractivity contribution in [1.82, 2.24) is 4.57 Å². The zero-order valence-corrected chi connectivity index (χ0v) is 68.8. The average Bonchev–Trinajstić information content (AvgIpc) is 1.36. The Bertz CT molecular complexity index is 7240. The van der Waals surface area contributed by atoms with Gasteiger partial charge in [0.15, 0.2) is 0 Å². The molecule has 0 radical (unpaired) electrons. The Morgan fingerprint density at radius 2 is 0.664 bits per heavy atom. The fourth-order valence-corrected chi connectivity index (χ4v) is 21.2. The first kappa shape index (κ1) is 73.3. The third-order valence-corrected chi connectivity index (χ3v) is 26.4. The van der Waals surface area contributed by atoms with E-state index in [-0.39, 0.29) is 5.41 Å². The second kappa shape index (κ2) is 29.2. The van der Waals surface area contributed by atoms with E-state index in [0.29, 0.717) is 0 Å². The molecule has 23 rings (SSSR count). The normalized spacial score (nSPS) is 13.8. The van der Waals surface area contributed by atoms with E-state index in [0.717, 1.165) is 73.0 Å². The summed E-state index contributed by atoms with van der Waals surface area (Å²) < 4.78 is 9.67. The van der Waals surface area contributed by atoms with Gasteiger partial charge in [0.05, 0.1) is 44.6 Å². The maximum Gasteiger partial charge on any atom is 0.140 e. The summed E-state index contributed by atoms with van der Waals surface area (Å²) in [6.45, 7) is 11.6. The molecule has 0 amide bonds. The van der Waals surface area contributed by atoms with Crippen molar-refractivity contribution in [1.29, 1.82) is 0 Å². The van der Waals surface area contributed by atoms with Gasteiger partial charge < -0.3 is 23.7 Å². The van der Waals surface area contributed by atoms with Crippen LogP contribution in [0.4, 0.5) is 51.2 Å². The molecule has 3 aliphatic rings. The van der Waals surface area contributed by atoms with Gasteiger partial charge in [0.2, 0.25) is 0 Å². The maximum atomic E-state index is 7.26. The van der Waals surface area contributed by atoms with E-state index >= 15 is 0 Å². The van der Waals surface area contributed by atoms with Gasteiger partial charge in [0.1, 0.15) is 11.2 Å². The summed E-state index contributed by atoms with van der Waals surface area (Å²) in [5.41, 5.74) is 35.0. The lowest BCUT2D eigenvalue weighted by molar-refractivity contribution is 0.395. The number of fused-ring (bicyclic) bond motifs is 13. The number of benzene rings is 18. The molecule has 18 aromatic carbocycles. The molecule has 0 spiro atoms. The zero-order chi connectivity index (χ0) is 81.8. The van der Waals surface area contributed by atoms with Crippen LogP contribution in [0.1, 0.15) is 88.9 Å². The van der Waals surface area contributed by atoms with E-state index in [2.05, 4.69) is 497 Å². The number of hydrogen-bond donors (Lipinski definition) is 0. The van der Waals surface area contributed by atoms with Gasteiger partial charge >= 0.3 is 0 Å². The lowest BCUT2D eigenvalue weighted by Crippen LogP contribution is -2.51. The summed E-state index contributed by atoms with van der Waals surface area (Å²) in [5, 5.41) is 4.72. The van der Waals surface area contributed by atoms with Crippen LogP contribution >= 0.6 is 0 Å². The first-order chi connectivity index (χ1) is 60.0. The fraction of sp³-hybridized carbons (Fsp3) is 0.0769. The van der Waals surface area contributed by atoms with E-state index in [1.54, 1.807) is 0 Å². The number of aryl methyl sites for hydroxylation is 1. The number of furan rings is 1. The molecular formula is C117H88N4O. The fourth-order valence-electron chi connectivity index (χ4n) is 21.2. The Balaban J connectivity index is 0.000000146. The monoisotopic (exact) mass is 1560 g/mol. The first-order valence-corrected chi connectivity index (χ1v) is 42.5. The largest absolute Gasteiger partial charge is 0.455 e. The summed E-state index contributed by atoms with van der Waals surface area (Å²) in [5.74, 6) is 0. The highest BCUT2D eigenvalue weighted by atomic mass is 16.3. The molecule has 122 heavy (non-hydrogen) atoms. The first-order valence-electron chi connectivity index (χ1n) is 42.5. The SMILES string of the molecule is CC1(C2(c3ccccc3)c3ccccc3N(c3ccc(N(c4ccccc4)c4ccc(-c5ccccc5)cc4)cc3)c3ccccc32)c2ccccc2-c2ccccc21.Cc1ccccc1C1(c2cccc3c2oc2c(C(C)(C)C)cccc23)c2ccccc2N(c2ccc3c(c2)c2ccccc2n3-c2ccc(-c3ccccc3)cc2)c2ccccc21. The van der Waals surface area contributed by atoms with Gasteiger partial charge in [-0.3, -0.25) is 0 Å². The number of aromatic nitrogens is 1. The molecule has 0 saturated heterocycles. The molecule has 0 fully saturated rings. The highest BCUT2D eigenvalue weighted by Crippen LogP contribution is 2.68. The second-order valence-electron chi connectivity index (χ2n) is 33.9. The van der Waals surface area contributed by atoms with Gasteiger partial charge in [-0.1, -0.05) is 354 Å². The number of nitrogens with zero attached hydrogens (tertiary/aromatic N) is 4. The minimum atomic E-state index is -0.712. The lowest BCUT2D eigenvalue weighted by Gasteiger charge is -2.54. The molecule has 5 heteroatoms. The number of para-hydroxylation sites is 8. The minimum absolute atomic E-state index is 0.0911. The van der Waals surface area contributed by atoms with Crippen LogP contribution in [0.15, 0.2) is 447 Å². The van der Waals surface area contributed by atoms with Crippen LogP contribution in [0, 0.1) is 6.92 Å². The minimum Gasteiger partial charge on any atom is -0.455 e. The van der Waals surface area contributed by atoms with Crippen LogP contribution in [0.3, 0.4) is 0 Å². The number of rotatable bonds is 12. The quantitative estimate of drug-likeness (QED) is 0.122. The van der Waals surface area contributed by atoms with Gasteiger partial charge in [-0.25, -0.2) is 0 Å². The summed E-state index contributed by atoms with van der Waals surface area (Å²) in [6, 6.07) is 163. The van der Waals surface area contributed by atoms with Gasteiger partial charge in [-0.05, 0) is 212 Å². The van der Waals surface area contributed by atoms with Crippen LogP contribution in [-0.2, 0) is 21.7 Å². The standard InChI is InChI=1S/C60H46N2O.C57H42N2/c1-39-18-8-10-24-48(39)60(52-28-17-23-46-45-22-16-27-51(59(2,3)4)57(45)63-58(46)52)49-25-11-14-30-55(49)62(56-31-15-12-26-50(56)60)43-36-37-54-47(38-43)44-21-9-13-29-53(44)61(54)42-34-32-41(33-35-42)40-19-6-5-7-20-40;1-56(50-27-13-11-25-48(50)49-26-12-14-28-51(49)56)57(43-21-7-3-8-22-43)52-29-15-17-31-54(52)59(55-32-18-16-30-53(55)57)47-39-37-46(38-40-47)58(44-23-9-4-10-24-44)45-35-33-42(34-36-45)41-19-5-2-6-20-41/h5-38H,1-4H3;2-40H,1H3. The Labute approximate surface area is 713 Å². The van der Waals surface area contributed by atoms with Crippen LogP contribution < -0.4 is 14.7 Å². The molecule has 0 bridgehead atoms. The van der Waals surface area contributed by atoms with E-state index < -0.39 is 16.2 Å². The predicted molar refractivity (Wildman–Crippen MR) is 509 cm³/mol. The van der Waals surface area contributed by atoms with Gasteiger partial charge in [0.25, 0.3) is 0 Å². The van der Waals surface area contributed by atoms with Crippen molar-refractivity contribution in [3.8, 4) is 39.1 Å². The van der Waals surface area contributed by atoms with Crippen molar-refractivity contribution in [2.75, 3.05) is 14.7 Å². The molecule has 2 aliphatic heterocycles. The molecule has 2 aromatic heterocycles. The van der Waals surface area contributed by atoms with E-state index in [9.17, 15) is 0 Å². The molecule has 0 unspecified atom stereocenters. The Hall–Kier alpha value is -15.0. The van der Waals surface area contributed by atoms with Gasteiger partial charge in [-0.2, -0.15) is 0 Å². The molecule has 0 N–H and O–H groups in total. The third-order valence-electron chi connectivity index (χ3n) is 26.4. The van der Waals surface area contributed by atoms with Crippen LogP contribution in [0.5, 0.6) is 0 Å². The number of hydrogen-bond acceptors (Lipinski definition) is 4. The summed E-state index contributed by atoms with van der Waals surface area (Å²) in [7, 11) is 0. The van der Waals surface area contributed by atoms with Crippen LogP contribution in [0.25, 0.3) is 82.8 Å². The van der Waals surface area contributed by atoms with Crippen molar-refractivity contribution in [3.05, 3.63) is 504 Å². The zero-order valence-electron chi connectivity index (χ0n) is 68.8. The van der Waals surface area contributed by atoms with Gasteiger partial charge in [-0.15, -0.1) is 0 Å². The molecule has 4 heterocycles. The predicted octanol–water partition coefficient (Wildman–Crippen LogP) is 31.0. The summed E-state index contributed by atoms with van der Waals surface area (Å²) >= 11 is 0. The van der Waals surface area contributed by atoms with Crippen LogP contribution in [-0.4, -0.2) is 4.57 Å². The highest BCUT2D eigenvalue weighted by Gasteiger charge is 2.61. The third kappa shape index (κ3) is 11.3. The molecular weight excluding hydrogens is 1480 g/mol. The summed E-state index contributed by atoms with van der Waals surface area (Å²) in [6.07, 6.45) is 0. The Morgan fingerprint density at radius 3 is 1.23 bits per heavy atom. The second-order valence-corrected chi connectivity index (χ2v) is 33.9. The van der Waals surface area contributed by atoms with Crippen LogP contribution in [0.2, 0.25) is 0 Å². The molecule has 0 atom stereocenters. The highest BCUT2D eigenvalue weighted by molar-refractivity contribution is 6.12. The molecule has 0 saturated carbocycles. The Morgan fingerprint density at radius 1 is 0.279 bits per heavy atom.